The van der Waals surface area contributed by atoms with E-state index in [1.165, 1.54) is 4.90 Å². The van der Waals surface area contributed by atoms with Crippen LogP contribution < -0.4 is 0 Å². The molecule has 0 atom stereocenters. The van der Waals surface area contributed by atoms with Gasteiger partial charge in [-0.05, 0) is 6.42 Å². The number of nitrogens with zero attached hydrogens (tertiary/aromatic N) is 1. The summed E-state index contributed by atoms with van der Waals surface area (Å²) in [4.78, 5) is 13.2. The zero-order chi connectivity index (χ0) is 13.9. The van der Waals surface area contributed by atoms with Gasteiger partial charge in [-0.15, -0.1) is 0 Å². The average Bonchev–Trinajstić information content (AvgIpc) is 2.75. The van der Waals surface area contributed by atoms with E-state index in [2.05, 4.69) is 4.74 Å². The molecular weight excluding hydrogens is 267 g/mol. The van der Waals surface area contributed by atoms with Crippen LogP contribution in [0.15, 0.2) is 0 Å². The number of hydrogen-bond acceptors (Lipinski definition) is 4. The first kappa shape index (κ1) is 14.5. The Kier molecular flexibility index (Phi) is 4.32. The van der Waals surface area contributed by atoms with Crippen molar-refractivity contribution < 1.29 is 32.2 Å². The molecule has 0 saturated carbocycles. The van der Waals surface area contributed by atoms with E-state index in [-0.39, 0.29) is 6.54 Å². The van der Waals surface area contributed by atoms with E-state index in [0.29, 0.717) is 32.6 Å². The van der Waals surface area contributed by atoms with Crippen LogP contribution in [-0.4, -0.2) is 62.3 Å². The number of ether oxygens (including phenoxy) is 3. The molecule has 2 aliphatic heterocycles. The third kappa shape index (κ3) is 4.05. The molecule has 19 heavy (non-hydrogen) atoms. The van der Waals surface area contributed by atoms with Gasteiger partial charge in [0, 0.05) is 13.0 Å². The minimum absolute atomic E-state index is 0.251. The van der Waals surface area contributed by atoms with Crippen LogP contribution in [0.3, 0.4) is 0 Å². The van der Waals surface area contributed by atoms with Gasteiger partial charge in [0.1, 0.15) is 13.2 Å². The molecule has 1 spiro atoms. The zero-order valence-electron chi connectivity index (χ0n) is 10.4. The molecule has 5 nitrogen and oxygen atoms in total. The van der Waals surface area contributed by atoms with Gasteiger partial charge in [-0.25, -0.2) is 0 Å². The lowest BCUT2D eigenvalue weighted by molar-refractivity contribution is -0.198. The van der Waals surface area contributed by atoms with E-state index in [4.69, 9.17) is 9.47 Å². The van der Waals surface area contributed by atoms with Crippen molar-refractivity contribution in [3.63, 3.8) is 0 Å². The van der Waals surface area contributed by atoms with Gasteiger partial charge >= 0.3 is 6.18 Å². The molecule has 1 amide bonds. The number of hydrogen-bond donors (Lipinski definition) is 0. The van der Waals surface area contributed by atoms with E-state index >= 15 is 0 Å². The van der Waals surface area contributed by atoms with Crippen molar-refractivity contribution in [1.82, 2.24) is 4.90 Å². The number of halogens is 3. The molecule has 8 heteroatoms. The van der Waals surface area contributed by atoms with E-state index in [9.17, 15) is 18.0 Å². The third-order valence-corrected chi connectivity index (χ3v) is 3.07. The standard InChI is InChI=1S/C11H16F3NO4/c12-11(13,14)8-17-6-9(16)15-3-1-2-10(7-15)18-4-5-19-10/h1-8H2. The molecule has 0 N–H and O–H groups in total. The molecule has 0 aromatic carbocycles. The molecule has 2 aliphatic rings. The van der Waals surface area contributed by atoms with Crippen molar-refractivity contribution in [2.45, 2.75) is 24.8 Å². The van der Waals surface area contributed by atoms with Crippen LogP contribution in [0.4, 0.5) is 13.2 Å². The number of rotatable bonds is 3. The second-order valence-corrected chi connectivity index (χ2v) is 4.63. The summed E-state index contributed by atoms with van der Waals surface area (Å²) in [7, 11) is 0. The zero-order valence-corrected chi connectivity index (χ0v) is 10.4. The highest BCUT2D eigenvalue weighted by atomic mass is 19.4. The van der Waals surface area contributed by atoms with Gasteiger partial charge in [0.2, 0.25) is 5.91 Å². The summed E-state index contributed by atoms with van der Waals surface area (Å²) in [6, 6.07) is 0. The number of piperidine rings is 1. The lowest BCUT2D eigenvalue weighted by Crippen LogP contribution is -2.52. The Balaban J connectivity index is 1.79. The molecular formula is C11H16F3NO4. The third-order valence-electron chi connectivity index (χ3n) is 3.07. The molecule has 2 saturated heterocycles. The second-order valence-electron chi connectivity index (χ2n) is 4.63. The molecule has 0 aliphatic carbocycles. The molecule has 0 radical (unpaired) electrons. The summed E-state index contributed by atoms with van der Waals surface area (Å²) in [5.41, 5.74) is 0. The van der Waals surface area contributed by atoms with Crippen LogP contribution in [0.1, 0.15) is 12.8 Å². The van der Waals surface area contributed by atoms with Gasteiger partial charge in [0.05, 0.1) is 19.8 Å². The van der Waals surface area contributed by atoms with Crippen molar-refractivity contribution in [1.29, 1.82) is 0 Å². The highest BCUT2D eigenvalue weighted by molar-refractivity contribution is 5.77. The maximum atomic E-state index is 11.9. The molecule has 0 aromatic heterocycles. The minimum Gasteiger partial charge on any atom is -0.362 e. The topological polar surface area (TPSA) is 48.0 Å². The van der Waals surface area contributed by atoms with E-state index < -0.39 is 31.1 Å². The minimum atomic E-state index is -4.42. The summed E-state index contributed by atoms with van der Waals surface area (Å²) in [5.74, 6) is -1.24. The fourth-order valence-corrected chi connectivity index (χ4v) is 2.28. The smallest absolute Gasteiger partial charge is 0.362 e. The first-order chi connectivity index (χ1) is 8.90. The quantitative estimate of drug-likeness (QED) is 0.773. The summed E-state index contributed by atoms with van der Waals surface area (Å²) in [5, 5.41) is 0. The van der Waals surface area contributed by atoms with Gasteiger partial charge < -0.3 is 19.1 Å². The largest absolute Gasteiger partial charge is 0.411 e. The van der Waals surface area contributed by atoms with Crippen LogP contribution in [0.2, 0.25) is 0 Å². The number of amides is 1. The number of carbonyl (C=O) groups is 1. The Labute approximate surface area is 108 Å². The number of alkyl halides is 3. The summed E-state index contributed by atoms with van der Waals surface area (Å²) < 4.78 is 51.0. The average molecular weight is 283 g/mol. The number of likely N-dealkylation sites (tertiary alicyclic amines) is 1. The van der Waals surface area contributed by atoms with Gasteiger partial charge in [-0.2, -0.15) is 13.2 Å². The fraction of sp³-hybridized carbons (Fsp3) is 0.909. The fourth-order valence-electron chi connectivity index (χ4n) is 2.28. The van der Waals surface area contributed by atoms with Crippen LogP contribution >= 0.6 is 0 Å². The predicted octanol–water partition coefficient (Wildman–Crippen LogP) is 0.931. The van der Waals surface area contributed by atoms with E-state index in [1.54, 1.807) is 0 Å². The van der Waals surface area contributed by atoms with Crippen LogP contribution in [0, 0.1) is 0 Å². The molecule has 0 bridgehead atoms. The Morgan fingerprint density at radius 1 is 1.32 bits per heavy atom. The lowest BCUT2D eigenvalue weighted by Gasteiger charge is -2.38. The SMILES string of the molecule is O=C(COCC(F)(F)F)N1CCCC2(C1)OCCO2. The van der Waals surface area contributed by atoms with Crippen molar-refractivity contribution in [3.05, 3.63) is 0 Å². The van der Waals surface area contributed by atoms with Gasteiger partial charge in [-0.1, -0.05) is 0 Å². The molecule has 0 aromatic rings. The summed E-state index contributed by atoms with van der Waals surface area (Å²) >= 11 is 0. The highest BCUT2D eigenvalue weighted by Gasteiger charge is 2.42. The summed E-state index contributed by atoms with van der Waals surface area (Å²) in [6.07, 6.45) is -3.02. The Hall–Kier alpha value is -0.860. The van der Waals surface area contributed by atoms with Gasteiger partial charge in [0.25, 0.3) is 0 Å². The molecule has 2 heterocycles. The number of carbonyl (C=O) groups excluding carboxylic acids is 1. The maximum absolute atomic E-state index is 11.9. The van der Waals surface area contributed by atoms with Crippen LogP contribution in [-0.2, 0) is 19.0 Å². The van der Waals surface area contributed by atoms with Crippen molar-refractivity contribution in [2.24, 2.45) is 0 Å². The van der Waals surface area contributed by atoms with Crippen molar-refractivity contribution in [3.8, 4) is 0 Å². The molecule has 2 fully saturated rings. The summed E-state index contributed by atoms with van der Waals surface area (Å²) in [6.45, 7) is -0.288. The van der Waals surface area contributed by atoms with Crippen LogP contribution in [0.25, 0.3) is 0 Å². The first-order valence-corrected chi connectivity index (χ1v) is 6.10. The monoisotopic (exact) mass is 283 g/mol. The van der Waals surface area contributed by atoms with Crippen molar-refractivity contribution >= 4 is 5.91 Å². The Morgan fingerprint density at radius 2 is 2.00 bits per heavy atom. The second kappa shape index (κ2) is 5.64. The molecule has 2 rings (SSSR count). The van der Waals surface area contributed by atoms with Gasteiger partial charge in [0.15, 0.2) is 5.79 Å². The van der Waals surface area contributed by atoms with Crippen molar-refractivity contribution in [2.75, 3.05) is 39.5 Å². The first-order valence-electron chi connectivity index (χ1n) is 6.10. The predicted molar refractivity (Wildman–Crippen MR) is 57.3 cm³/mol. The normalized spacial score (nSPS) is 23.0. The van der Waals surface area contributed by atoms with Gasteiger partial charge in [-0.3, -0.25) is 4.79 Å². The lowest BCUT2D eigenvalue weighted by atomic mass is 10.0. The van der Waals surface area contributed by atoms with E-state index in [0.717, 1.165) is 0 Å². The molecule has 110 valence electrons. The Morgan fingerprint density at radius 3 is 2.63 bits per heavy atom. The maximum Gasteiger partial charge on any atom is 0.411 e. The highest BCUT2D eigenvalue weighted by Crippen LogP contribution is 2.30. The Bertz CT molecular complexity index is 328. The van der Waals surface area contributed by atoms with E-state index in [1.807, 2.05) is 0 Å². The molecule has 0 unspecified atom stereocenters. The van der Waals surface area contributed by atoms with Crippen LogP contribution in [0.5, 0.6) is 0 Å².